The molecule has 1 aliphatic rings. The summed E-state index contributed by atoms with van der Waals surface area (Å²) in [6.07, 6.45) is 5.87. The number of hydrogen-bond donors (Lipinski definition) is 2. The number of pyridine rings is 1. The van der Waals surface area contributed by atoms with Crippen molar-refractivity contribution in [3.05, 3.63) is 75.9 Å². The summed E-state index contributed by atoms with van der Waals surface area (Å²) >= 11 is 5.77. The van der Waals surface area contributed by atoms with E-state index in [4.69, 9.17) is 11.6 Å². The van der Waals surface area contributed by atoms with Crippen molar-refractivity contribution >= 4 is 29.7 Å². The average Bonchev–Trinajstić information content (AvgIpc) is 3.07. The van der Waals surface area contributed by atoms with Gasteiger partial charge in [0, 0.05) is 46.7 Å². The van der Waals surface area contributed by atoms with Gasteiger partial charge in [0.15, 0.2) is 0 Å². The smallest absolute Gasteiger partial charge is 0.253 e. The van der Waals surface area contributed by atoms with E-state index in [0.29, 0.717) is 28.4 Å². The number of carbonyl (C=O) groups excluding carboxylic acids is 1. The van der Waals surface area contributed by atoms with Crippen LogP contribution in [-0.2, 0) is 6.42 Å². The Bertz CT molecular complexity index is 1030. The maximum absolute atomic E-state index is 13.9. The van der Waals surface area contributed by atoms with Crippen LogP contribution < -0.4 is 5.32 Å². The normalized spacial score (nSPS) is 13.7. The number of aromatic amines is 1. The zero-order valence-corrected chi connectivity index (χ0v) is 14.5. The number of amides is 1. The van der Waals surface area contributed by atoms with Gasteiger partial charge in [0.05, 0.1) is 11.3 Å². The Hall–Kier alpha value is -2.92. The molecule has 2 N–H and O–H groups in total. The molecule has 3 heterocycles. The molecular weight excluding hydrogens is 353 g/mol. The Labute approximate surface area is 154 Å². The van der Waals surface area contributed by atoms with E-state index in [0.717, 1.165) is 23.4 Å². The summed E-state index contributed by atoms with van der Waals surface area (Å²) in [6.45, 7) is 0.642. The highest BCUT2D eigenvalue weighted by Gasteiger charge is 2.19. The number of hydrogen-bond acceptors (Lipinski definition) is 2. The highest BCUT2D eigenvalue weighted by molar-refractivity contribution is 6.30. The number of rotatable bonds is 3. The third-order valence-corrected chi connectivity index (χ3v) is 4.53. The molecule has 0 radical (unpaired) electrons. The second-order valence-electron chi connectivity index (χ2n) is 6.05. The van der Waals surface area contributed by atoms with Crippen molar-refractivity contribution in [3.63, 3.8) is 0 Å². The molecule has 0 unspecified atom stereocenters. The standard InChI is InChI=1S/C20H15ClFN3O/c21-14-3-1-12(17(22)10-14)2-4-15-9-13(5-7-23-15)19-11-16-18(25-19)6-8-24-20(16)26/h1-5,7,9-11,25H,6,8H2,(H,24,26). The van der Waals surface area contributed by atoms with Gasteiger partial charge < -0.3 is 10.3 Å². The third kappa shape index (κ3) is 3.26. The minimum Gasteiger partial charge on any atom is -0.358 e. The van der Waals surface area contributed by atoms with Crippen LogP contribution in [0.2, 0.25) is 5.02 Å². The highest BCUT2D eigenvalue weighted by atomic mass is 35.5. The maximum Gasteiger partial charge on any atom is 0.253 e. The lowest BCUT2D eigenvalue weighted by Gasteiger charge is -2.10. The van der Waals surface area contributed by atoms with Crippen LogP contribution in [-0.4, -0.2) is 22.4 Å². The quantitative estimate of drug-likeness (QED) is 0.724. The number of nitrogens with zero attached hydrogens (tertiary/aromatic N) is 1. The van der Waals surface area contributed by atoms with Crippen LogP contribution in [0.5, 0.6) is 0 Å². The van der Waals surface area contributed by atoms with E-state index >= 15 is 0 Å². The summed E-state index contributed by atoms with van der Waals surface area (Å²) in [5, 5.41) is 3.20. The van der Waals surface area contributed by atoms with Crippen molar-refractivity contribution in [2.75, 3.05) is 6.54 Å². The van der Waals surface area contributed by atoms with Gasteiger partial charge in [0.25, 0.3) is 5.91 Å². The predicted molar refractivity (Wildman–Crippen MR) is 100 cm³/mol. The van der Waals surface area contributed by atoms with Gasteiger partial charge >= 0.3 is 0 Å². The molecule has 0 atom stereocenters. The Kier molecular flexibility index (Phi) is 4.31. The van der Waals surface area contributed by atoms with Crippen LogP contribution in [0.25, 0.3) is 23.4 Å². The van der Waals surface area contributed by atoms with E-state index in [1.807, 2.05) is 18.2 Å². The van der Waals surface area contributed by atoms with Crippen molar-refractivity contribution < 1.29 is 9.18 Å². The summed E-state index contributed by atoms with van der Waals surface area (Å²) in [5.41, 5.74) is 4.53. The van der Waals surface area contributed by atoms with Crippen molar-refractivity contribution in [3.8, 4) is 11.3 Å². The molecule has 1 aliphatic heterocycles. The van der Waals surface area contributed by atoms with E-state index in [1.165, 1.54) is 6.07 Å². The molecule has 0 aliphatic carbocycles. The largest absolute Gasteiger partial charge is 0.358 e. The fraction of sp³-hybridized carbons (Fsp3) is 0.100. The second-order valence-corrected chi connectivity index (χ2v) is 6.49. The third-order valence-electron chi connectivity index (χ3n) is 4.29. The molecule has 0 saturated carbocycles. The van der Waals surface area contributed by atoms with Crippen molar-refractivity contribution in [2.24, 2.45) is 0 Å². The first kappa shape index (κ1) is 16.5. The fourth-order valence-corrected chi connectivity index (χ4v) is 3.13. The maximum atomic E-state index is 13.9. The molecule has 1 aromatic carbocycles. The predicted octanol–water partition coefficient (Wildman–Crippen LogP) is 4.33. The van der Waals surface area contributed by atoms with E-state index in [1.54, 1.807) is 30.5 Å². The van der Waals surface area contributed by atoms with Crippen LogP contribution in [0.1, 0.15) is 27.3 Å². The van der Waals surface area contributed by atoms with E-state index in [-0.39, 0.29) is 11.7 Å². The Morgan fingerprint density at radius 2 is 2.04 bits per heavy atom. The monoisotopic (exact) mass is 367 g/mol. The van der Waals surface area contributed by atoms with E-state index in [9.17, 15) is 9.18 Å². The van der Waals surface area contributed by atoms with Crippen molar-refractivity contribution in [1.29, 1.82) is 0 Å². The number of nitrogens with one attached hydrogen (secondary N) is 2. The molecule has 4 nitrogen and oxygen atoms in total. The lowest BCUT2D eigenvalue weighted by Crippen LogP contribution is -2.31. The molecule has 1 amide bonds. The summed E-state index contributed by atoms with van der Waals surface area (Å²) in [5.74, 6) is -0.436. The first-order valence-electron chi connectivity index (χ1n) is 8.20. The number of fused-ring (bicyclic) bond motifs is 1. The van der Waals surface area contributed by atoms with Crippen LogP contribution in [0.3, 0.4) is 0 Å². The lowest BCUT2D eigenvalue weighted by atomic mass is 10.1. The number of carbonyl (C=O) groups is 1. The SMILES string of the molecule is O=C1NCCc2[nH]c(-c3ccnc(C=Cc4ccc(Cl)cc4F)c3)cc21. The zero-order chi connectivity index (χ0) is 18.1. The molecule has 0 spiro atoms. The first-order valence-corrected chi connectivity index (χ1v) is 8.57. The summed E-state index contributed by atoms with van der Waals surface area (Å²) in [7, 11) is 0. The molecule has 130 valence electrons. The minimum atomic E-state index is -0.382. The lowest BCUT2D eigenvalue weighted by molar-refractivity contribution is 0.0946. The van der Waals surface area contributed by atoms with Gasteiger partial charge in [-0.1, -0.05) is 17.7 Å². The molecule has 0 saturated heterocycles. The number of aromatic nitrogens is 2. The summed E-state index contributed by atoms with van der Waals surface area (Å²) in [6, 6.07) is 10.2. The van der Waals surface area contributed by atoms with Gasteiger partial charge in [-0.25, -0.2) is 4.39 Å². The molecule has 4 rings (SSSR count). The molecule has 0 bridgehead atoms. The second kappa shape index (κ2) is 6.77. The topological polar surface area (TPSA) is 57.8 Å². The molecular formula is C20H15ClFN3O. The Balaban J connectivity index is 1.63. The van der Waals surface area contributed by atoms with E-state index in [2.05, 4.69) is 15.3 Å². The highest BCUT2D eigenvalue weighted by Crippen LogP contribution is 2.25. The Morgan fingerprint density at radius 1 is 1.15 bits per heavy atom. The van der Waals surface area contributed by atoms with Gasteiger partial charge in [-0.2, -0.15) is 0 Å². The van der Waals surface area contributed by atoms with Gasteiger partial charge in [0.2, 0.25) is 0 Å². The van der Waals surface area contributed by atoms with Crippen LogP contribution >= 0.6 is 11.6 Å². The average molecular weight is 368 g/mol. The van der Waals surface area contributed by atoms with Crippen LogP contribution in [0, 0.1) is 5.82 Å². The molecule has 26 heavy (non-hydrogen) atoms. The first-order chi connectivity index (χ1) is 12.6. The van der Waals surface area contributed by atoms with Crippen molar-refractivity contribution in [1.82, 2.24) is 15.3 Å². The van der Waals surface area contributed by atoms with Gasteiger partial charge in [0.1, 0.15) is 5.82 Å². The number of H-pyrrole nitrogens is 1. The number of halogens is 2. The van der Waals surface area contributed by atoms with Gasteiger partial charge in [-0.05, 0) is 42.5 Å². The molecule has 6 heteroatoms. The van der Waals surface area contributed by atoms with Crippen LogP contribution in [0.4, 0.5) is 4.39 Å². The zero-order valence-electron chi connectivity index (χ0n) is 13.7. The van der Waals surface area contributed by atoms with E-state index < -0.39 is 0 Å². The summed E-state index contributed by atoms with van der Waals surface area (Å²) < 4.78 is 13.9. The Morgan fingerprint density at radius 3 is 2.85 bits per heavy atom. The number of benzene rings is 1. The van der Waals surface area contributed by atoms with Crippen molar-refractivity contribution in [2.45, 2.75) is 6.42 Å². The molecule has 3 aromatic rings. The summed E-state index contributed by atoms with van der Waals surface area (Å²) in [4.78, 5) is 19.5. The van der Waals surface area contributed by atoms with Gasteiger partial charge in [-0.3, -0.25) is 9.78 Å². The molecule has 2 aromatic heterocycles. The fourth-order valence-electron chi connectivity index (χ4n) is 2.97. The minimum absolute atomic E-state index is 0.0545. The van der Waals surface area contributed by atoms with Gasteiger partial charge in [-0.15, -0.1) is 0 Å². The molecule has 0 fully saturated rings. The van der Waals surface area contributed by atoms with Crippen LogP contribution in [0.15, 0.2) is 42.6 Å².